The third-order valence-corrected chi connectivity index (χ3v) is 6.04. The van der Waals surface area contributed by atoms with Crippen molar-refractivity contribution >= 4 is 21.6 Å². The van der Waals surface area contributed by atoms with Gasteiger partial charge < -0.3 is 5.32 Å². The molecular formula is C15H23ClN2O2S. The molecule has 1 fully saturated rings. The maximum Gasteiger partial charge on any atom is 0.243 e. The summed E-state index contributed by atoms with van der Waals surface area (Å²) < 4.78 is 27.0. The summed E-state index contributed by atoms with van der Waals surface area (Å²) in [5.41, 5.74) is 0.821. The fraction of sp³-hybridized carbons (Fsp3) is 0.600. The summed E-state index contributed by atoms with van der Waals surface area (Å²) in [4.78, 5) is 0.335. The Hall–Kier alpha value is -0.620. The zero-order valence-corrected chi connectivity index (χ0v) is 14.2. The minimum absolute atomic E-state index is 0.335. The smallest absolute Gasteiger partial charge is 0.243 e. The SMILES string of the molecule is CCNCc1cc(S(=O)(=O)N(CC)CC2CC2)ccc1Cl. The monoisotopic (exact) mass is 330 g/mol. The van der Waals surface area contributed by atoms with Crippen molar-refractivity contribution in [2.75, 3.05) is 19.6 Å². The average molecular weight is 331 g/mol. The molecule has 0 aromatic heterocycles. The molecule has 1 aliphatic rings. The molecule has 118 valence electrons. The van der Waals surface area contributed by atoms with Gasteiger partial charge in [-0.05, 0) is 49.1 Å². The van der Waals surface area contributed by atoms with E-state index in [2.05, 4.69) is 5.32 Å². The Labute approximate surface area is 132 Å². The number of hydrogen-bond acceptors (Lipinski definition) is 3. The molecule has 1 aliphatic carbocycles. The van der Waals surface area contributed by atoms with Gasteiger partial charge in [-0.3, -0.25) is 0 Å². The normalized spacial score (nSPS) is 15.6. The van der Waals surface area contributed by atoms with Crippen LogP contribution in [0.3, 0.4) is 0 Å². The van der Waals surface area contributed by atoms with Gasteiger partial charge in [0.15, 0.2) is 0 Å². The lowest BCUT2D eigenvalue weighted by Gasteiger charge is -2.21. The molecule has 0 atom stereocenters. The maximum atomic E-state index is 12.7. The van der Waals surface area contributed by atoms with Gasteiger partial charge in [0.25, 0.3) is 0 Å². The van der Waals surface area contributed by atoms with Crippen molar-refractivity contribution in [3.05, 3.63) is 28.8 Å². The number of nitrogens with zero attached hydrogens (tertiary/aromatic N) is 1. The molecule has 1 N–H and O–H groups in total. The van der Waals surface area contributed by atoms with E-state index in [0.29, 0.717) is 35.5 Å². The Bertz CT molecular complexity index is 585. The molecule has 6 heteroatoms. The molecule has 1 aromatic carbocycles. The molecule has 0 spiro atoms. The fourth-order valence-electron chi connectivity index (χ4n) is 2.24. The number of halogens is 1. The topological polar surface area (TPSA) is 49.4 Å². The van der Waals surface area contributed by atoms with E-state index in [1.807, 2.05) is 13.8 Å². The highest BCUT2D eigenvalue weighted by molar-refractivity contribution is 7.89. The van der Waals surface area contributed by atoms with E-state index in [4.69, 9.17) is 11.6 Å². The highest BCUT2D eigenvalue weighted by Crippen LogP contribution is 2.32. The Morgan fingerprint density at radius 2 is 2.05 bits per heavy atom. The lowest BCUT2D eigenvalue weighted by Crippen LogP contribution is -2.32. The van der Waals surface area contributed by atoms with Gasteiger partial charge in [0.05, 0.1) is 4.90 Å². The molecule has 0 radical (unpaired) electrons. The predicted octanol–water partition coefficient (Wildman–Crippen LogP) is 2.87. The van der Waals surface area contributed by atoms with Crippen molar-refractivity contribution in [1.82, 2.24) is 9.62 Å². The fourth-order valence-corrected chi connectivity index (χ4v) is 4.00. The van der Waals surface area contributed by atoms with Gasteiger partial charge in [-0.1, -0.05) is 25.4 Å². The number of rotatable bonds is 8. The van der Waals surface area contributed by atoms with Crippen molar-refractivity contribution in [3.8, 4) is 0 Å². The molecule has 4 nitrogen and oxygen atoms in total. The van der Waals surface area contributed by atoms with Crippen LogP contribution in [-0.2, 0) is 16.6 Å². The highest BCUT2D eigenvalue weighted by Gasteiger charge is 2.30. The molecule has 0 saturated heterocycles. The predicted molar refractivity (Wildman–Crippen MR) is 86.0 cm³/mol. The second-order valence-electron chi connectivity index (χ2n) is 5.43. The molecule has 1 saturated carbocycles. The van der Waals surface area contributed by atoms with Crippen molar-refractivity contribution in [1.29, 1.82) is 0 Å². The minimum Gasteiger partial charge on any atom is -0.313 e. The van der Waals surface area contributed by atoms with Crippen LogP contribution in [0.5, 0.6) is 0 Å². The number of nitrogens with one attached hydrogen (secondary N) is 1. The van der Waals surface area contributed by atoms with E-state index in [-0.39, 0.29) is 0 Å². The third kappa shape index (κ3) is 4.19. The quantitative estimate of drug-likeness (QED) is 0.797. The highest BCUT2D eigenvalue weighted by atomic mass is 35.5. The Balaban J connectivity index is 2.25. The van der Waals surface area contributed by atoms with E-state index >= 15 is 0 Å². The van der Waals surface area contributed by atoms with Gasteiger partial charge in [0, 0.05) is 24.7 Å². The van der Waals surface area contributed by atoms with Crippen LogP contribution in [0, 0.1) is 5.92 Å². The molecule has 0 bridgehead atoms. The first kappa shape index (κ1) is 16.7. The Kier molecular flexibility index (Phi) is 5.66. The van der Waals surface area contributed by atoms with Gasteiger partial charge >= 0.3 is 0 Å². The van der Waals surface area contributed by atoms with Gasteiger partial charge in [0.1, 0.15) is 0 Å². The van der Waals surface area contributed by atoms with Crippen LogP contribution in [0.1, 0.15) is 32.3 Å². The van der Waals surface area contributed by atoms with Gasteiger partial charge in [-0.25, -0.2) is 8.42 Å². The van der Waals surface area contributed by atoms with Gasteiger partial charge in [0.2, 0.25) is 10.0 Å². The second-order valence-corrected chi connectivity index (χ2v) is 7.78. The molecule has 0 unspecified atom stereocenters. The van der Waals surface area contributed by atoms with E-state index in [1.165, 1.54) is 0 Å². The number of hydrogen-bond donors (Lipinski definition) is 1. The molecular weight excluding hydrogens is 308 g/mol. The number of sulfonamides is 1. The molecule has 0 heterocycles. The summed E-state index contributed by atoms with van der Waals surface area (Å²) in [5, 5.41) is 3.77. The first-order chi connectivity index (χ1) is 9.98. The summed E-state index contributed by atoms with van der Waals surface area (Å²) in [6.07, 6.45) is 2.27. The van der Waals surface area contributed by atoms with Crippen LogP contribution in [0.15, 0.2) is 23.1 Å². The standard InChI is InChI=1S/C15H23ClN2O2S/c1-3-17-10-13-9-14(7-8-15(13)16)21(19,20)18(4-2)11-12-5-6-12/h7-9,12,17H,3-6,10-11H2,1-2H3. The second kappa shape index (κ2) is 7.09. The van der Waals surface area contributed by atoms with E-state index in [0.717, 1.165) is 24.9 Å². The van der Waals surface area contributed by atoms with E-state index in [9.17, 15) is 8.42 Å². The molecule has 21 heavy (non-hydrogen) atoms. The lowest BCUT2D eigenvalue weighted by molar-refractivity contribution is 0.412. The van der Waals surface area contributed by atoms with Crippen LogP contribution < -0.4 is 5.32 Å². The molecule has 0 amide bonds. The summed E-state index contributed by atoms with van der Waals surface area (Å²) in [5.74, 6) is 0.535. The summed E-state index contributed by atoms with van der Waals surface area (Å²) in [7, 11) is -3.42. The first-order valence-electron chi connectivity index (χ1n) is 7.48. The first-order valence-corrected chi connectivity index (χ1v) is 9.30. The molecule has 2 rings (SSSR count). The van der Waals surface area contributed by atoms with Crippen LogP contribution in [0.2, 0.25) is 5.02 Å². The Morgan fingerprint density at radius 3 is 2.62 bits per heavy atom. The molecule has 0 aliphatic heterocycles. The van der Waals surface area contributed by atoms with Crippen LogP contribution >= 0.6 is 11.6 Å². The Morgan fingerprint density at radius 1 is 1.33 bits per heavy atom. The summed E-state index contributed by atoms with van der Waals surface area (Å²) in [6, 6.07) is 4.96. The van der Waals surface area contributed by atoms with Crippen LogP contribution in [0.25, 0.3) is 0 Å². The van der Waals surface area contributed by atoms with E-state index < -0.39 is 10.0 Å². The number of benzene rings is 1. The average Bonchev–Trinajstić information content (AvgIpc) is 3.27. The zero-order chi connectivity index (χ0) is 15.5. The van der Waals surface area contributed by atoms with Crippen molar-refractivity contribution in [2.45, 2.75) is 38.1 Å². The molecule has 1 aromatic rings. The van der Waals surface area contributed by atoms with Crippen molar-refractivity contribution < 1.29 is 8.42 Å². The zero-order valence-electron chi connectivity index (χ0n) is 12.6. The van der Waals surface area contributed by atoms with E-state index in [1.54, 1.807) is 22.5 Å². The van der Waals surface area contributed by atoms with Gasteiger partial charge in [-0.2, -0.15) is 4.31 Å². The summed E-state index contributed by atoms with van der Waals surface area (Å²) in [6.45, 7) is 6.41. The van der Waals surface area contributed by atoms with Crippen LogP contribution in [-0.4, -0.2) is 32.4 Å². The summed E-state index contributed by atoms with van der Waals surface area (Å²) >= 11 is 6.14. The minimum atomic E-state index is -3.42. The maximum absolute atomic E-state index is 12.7. The lowest BCUT2D eigenvalue weighted by atomic mass is 10.2. The van der Waals surface area contributed by atoms with Gasteiger partial charge in [-0.15, -0.1) is 0 Å². The largest absolute Gasteiger partial charge is 0.313 e. The third-order valence-electron chi connectivity index (χ3n) is 3.73. The van der Waals surface area contributed by atoms with Crippen molar-refractivity contribution in [2.24, 2.45) is 5.92 Å². The van der Waals surface area contributed by atoms with Crippen molar-refractivity contribution in [3.63, 3.8) is 0 Å². The van der Waals surface area contributed by atoms with Crippen LogP contribution in [0.4, 0.5) is 0 Å².